The fourth-order valence-corrected chi connectivity index (χ4v) is 4.97. The van der Waals surface area contributed by atoms with Crippen LogP contribution in [0, 0.1) is 22.0 Å². The van der Waals surface area contributed by atoms with E-state index in [1.807, 2.05) is 24.3 Å². The van der Waals surface area contributed by atoms with E-state index < -0.39 is 29.2 Å². The highest BCUT2D eigenvalue weighted by Gasteiger charge is 2.73. The van der Waals surface area contributed by atoms with Gasteiger partial charge in [0.1, 0.15) is 5.92 Å². The van der Waals surface area contributed by atoms with Gasteiger partial charge in [0.15, 0.2) is 0 Å². The van der Waals surface area contributed by atoms with Gasteiger partial charge in [-0.15, -0.1) is 0 Å². The van der Waals surface area contributed by atoms with Crippen molar-refractivity contribution in [2.75, 3.05) is 0 Å². The molecule has 0 unspecified atom stereocenters. The second kappa shape index (κ2) is 4.08. The molecule has 2 aromatic carbocycles. The van der Waals surface area contributed by atoms with Gasteiger partial charge in [-0.25, -0.2) is 0 Å². The Morgan fingerprint density at radius 1 is 0.917 bits per heavy atom. The van der Waals surface area contributed by atoms with Gasteiger partial charge in [0.25, 0.3) is 5.54 Å². The summed E-state index contributed by atoms with van der Waals surface area (Å²) < 4.78 is 0. The SMILES string of the molecule is O=C1NC(=O)[C@@H]2[C@H]1C1c3ccccc3C2([N+](=O)[O-])c2ccccc21. The second-order valence-corrected chi connectivity index (χ2v) is 6.53. The van der Waals surface area contributed by atoms with Crippen molar-refractivity contribution in [1.82, 2.24) is 5.32 Å². The van der Waals surface area contributed by atoms with Crippen molar-refractivity contribution in [1.29, 1.82) is 0 Å². The van der Waals surface area contributed by atoms with Crippen molar-refractivity contribution in [3.8, 4) is 0 Å². The molecular formula is C18H12N2O4. The highest BCUT2D eigenvalue weighted by Crippen LogP contribution is 2.62. The van der Waals surface area contributed by atoms with Gasteiger partial charge in [-0.2, -0.15) is 0 Å². The van der Waals surface area contributed by atoms with E-state index in [2.05, 4.69) is 5.32 Å². The maximum atomic E-state index is 12.5. The summed E-state index contributed by atoms with van der Waals surface area (Å²) in [5.41, 5.74) is 0.913. The average Bonchev–Trinajstić information content (AvgIpc) is 2.90. The summed E-state index contributed by atoms with van der Waals surface area (Å²) in [7, 11) is 0. The van der Waals surface area contributed by atoms with Crippen molar-refractivity contribution < 1.29 is 14.5 Å². The zero-order valence-corrected chi connectivity index (χ0v) is 12.4. The van der Waals surface area contributed by atoms with Gasteiger partial charge < -0.3 is 0 Å². The van der Waals surface area contributed by atoms with Crippen molar-refractivity contribution in [3.63, 3.8) is 0 Å². The van der Waals surface area contributed by atoms with Gasteiger partial charge >= 0.3 is 0 Å². The Balaban J connectivity index is 1.99. The summed E-state index contributed by atoms with van der Waals surface area (Å²) in [6.07, 6.45) is 0. The van der Waals surface area contributed by atoms with E-state index in [9.17, 15) is 19.7 Å². The molecule has 6 rings (SSSR count). The molecule has 0 aromatic heterocycles. The molecule has 3 aliphatic carbocycles. The van der Waals surface area contributed by atoms with Gasteiger partial charge in [0.2, 0.25) is 11.8 Å². The number of benzene rings is 2. The van der Waals surface area contributed by atoms with E-state index >= 15 is 0 Å². The molecule has 1 fully saturated rings. The number of nitro groups is 1. The molecule has 0 spiro atoms. The van der Waals surface area contributed by atoms with Crippen molar-refractivity contribution in [2.45, 2.75) is 11.5 Å². The van der Waals surface area contributed by atoms with Gasteiger partial charge in [-0.1, -0.05) is 48.5 Å². The zero-order valence-electron chi connectivity index (χ0n) is 12.4. The zero-order chi connectivity index (χ0) is 16.6. The molecule has 118 valence electrons. The van der Waals surface area contributed by atoms with Crippen LogP contribution in [0.2, 0.25) is 0 Å². The lowest BCUT2D eigenvalue weighted by molar-refractivity contribution is -0.578. The van der Waals surface area contributed by atoms with Gasteiger partial charge in [-0.05, 0) is 11.1 Å². The summed E-state index contributed by atoms with van der Waals surface area (Å²) in [6, 6.07) is 14.2. The maximum absolute atomic E-state index is 12.5. The van der Waals surface area contributed by atoms with E-state index in [1.165, 1.54) is 0 Å². The minimum atomic E-state index is -1.71. The van der Waals surface area contributed by atoms with Gasteiger partial charge in [-0.3, -0.25) is 25.0 Å². The molecule has 2 aromatic rings. The van der Waals surface area contributed by atoms with Crippen molar-refractivity contribution in [2.24, 2.45) is 11.8 Å². The molecule has 2 atom stereocenters. The molecule has 6 nitrogen and oxygen atoms in total. The van der Waals surface area contributed by atoms with Crippen LogP contribution in [0.1, 0.15) is 28.2 Å². The van der Waals surface area contributed by atoms with Crippen LogP contribution in [-0.4, -0.2) is 16.7 Å². The minimum absolute atomic E-state index is 0.323. The topological polar surface area (TPSA) is 89.3 Å². The Kier molecular flexibility index (Phi) is 2.28. The van der Waals surface area contributed by atoms with Crippen LogP contribution in [0.4, 0.5) is 0 Å². The standard InChI is InChI=1S/C18H12N2O4/c21-16-14-13-9-5-1-3-7-11(9)18(20(23)24,15(14)17(22)19-16)12-8-4-2-6-10(12)13/h1-8,13-15H,(H,19,21,22)/t13?,14-,15+,18?/m1/s1. The predicted octanol–water partition coefficient (Wildman–Crippen LogP) is 1.55. The van der Waals surface area contributed by atoms with Gasteiger partial charge in [0, 0.05) is 22.0 Å². The van der Waals surface area contributed by atoms with E-state index in [4.69, 9.17) is 0 Å². The van der Waals surface area contributed by atoms with Crippen LogP contribution in [0.3, 0.4) is 0 Å². The Labute approximate surface area is 136 Å². The van der Waals surface area contributed by atoms with Crippen LogP contribution in [-0.2, 0) is 15.1 Å². The third-order valence-electron chi connectivity index (χ3n) is 5.70. The highest BCUT2D eigenvalue weighted by atomic mass is 16.6. The Morgan fingerprint density at radius 2 is 1.46 bits per heavy atom. The molecule has 0 saturated carbocycles. The van der Waals surface area contributed by atoms with Crippen molar-refractivity contribution in [3.05, 3.63) is 80.9 Å². The molecule has 4 aliphatic rings. The fourth-order valence-electron chi connectivity index (χ4n) is 4.97. The van der Waals surface area contributed by atoms with E-state index in [0.717, 1.165) is 11.1 Å². The molecule has 1 N–H and O–H groups in total. The minimum Gasteiger partial charge on any atom is -0.296 e. The first kappa shape index (κ1) is 13.4. The summed E-state index contributed by atoms with van der Waals surface area (Å²) in [5, 5.41) is 14.7. The number of nitrogens with zero attached hydrogens (tertiary/aromatic N) is 1. The third-order valence-corrected chi connectivity index (χ3v) is 5.70. The first-order chi connectivity index (χ1) is 11.6. The summed E-state index contributed by atoms with van der Waals surface area (Å²) in [4.78, 5) is 36.9. The van der Waals surface area contributed by atoms with E-state index in [0.29, 0.717) is 11.1 Å². The highest BCUT2D eigenvalue weighted by molar-refractivity contribution is 6.08. The normalized spacial score (nSPS) is 31.9. The Bertz CT molecular complexity index is 904. The molecule has 0 radical (unpaired) electrons. The van der Waals surface area contributed by atoms with E-state index in [-0.39, 0.29) is 10.8 Å². The average molecular weight is 320 g/mol. The lowest BCUT2D eigenvalue weighted by Crippen LogP contribution is -2.57. The molecule has 1 saturated heterocycles. The molecular weight excluding hydrogens is 308 g/mol. The largest absolute Gasteiger partial charge is 0.296 e. The van der Waals surface area contributed by atoms with Crippen LogP contribution in [0.5, 0.6) is 0 Å². The number of rotatable bonds is 1. The quantitative estimate of drug-likeness (QED) is 0.490. The lowest BCUT2D eigenvalue weighted by atomic mass is 9.51. The Hall–Kier alpha value is -3.02. The van der Waals surface area contributed by atoms with Crippen LogP contribution >= 0.6 is 0 Å². The summed E-state index contributed by atoms with van der Waals surface area (Å²) in [5.74, 6) is -3.01. The summed E-state index contributed by atoms with van der Waals surface area (Å²) in [6.45, 7) is 0. The van der Waals surface area contributed by atoms with Crippen LogP contribution in [0.15, 0.2) is 48.5 Å². The number of nitrogens with one attached hydrogen (secondary N) is 1. The number of carbonyl (C=O) groups excluding carboxylic acids is 2. The molecule has 24 heavy (non-hydrogen) atoms. The van der Waals surface area contributed by atoms with E-state index in [1.54, 1.807) is 24.3 Å². The van der Waals surface area contributed by atoms with Crippen molar-refractivity contribution >= 4 is 11.8 Å². The predicted molar refractivity (Wildman–Crippen MR) is 82.6 cm³/mol. The maximum Gasteiger partial charge on any atom is 0.284 e. The molecule has 1 heterocycles. The number of hydrogen-bond donors (Lipinski definition) is 1. The lowest BCUT2D eigenvalue weighted by Gasteiger charge is -2.48. The Morgan fingerprint density at radius 3 is 2.00 bits per heavy atom. The second-order valence-electron chi connectivity index (χ2n) is 6.53. The monoisotopic (exact) mass is 320 g/mol. The van der Waals surface area contributed by atoms with Crippen LogP contribution < -0.4 is 5.32 Å². The number of amides is 2. The first-order valence-electron chi connectivity index (χ1n) is 7.76. The van der Waals surface area contributed by atoms with Crippen LogP contribution in [0.25, 0.3) is 0 Å². The molecule has 1 aliphatic heterocycles. The molecule has 6 heteroatoms. The first-order valence-corrected chi connectivity index (χ1v) is 7.76. The smallest absolute Gasteiger partial charge is 0.284 e. The fraction of sp³-hybridized carbons (Fsp3) is 0.222. The molecule has 2 amide bonds. The van der Waals surface area contributed by atoms with Gasteiger partial charge in [0.05, 0.1) is 5.92 Å². The number of imide groups is 1. The number of carbonyl (C=O) groups is 2. The number of hydrogen-bond acceptors (Lipinski definition) is 4. The molecule has 2 bridgehead atoms. The third kappa shape index (κ3) is 1.22. The summed E-state index contributed by atoms with van der Waals surface area (Å²) >= 11 is 0.